The smallest absolute Gasteiger partial charge is 0.415 e. The van der Waals surface area contributed by atoms with Gasteiger partial charge in [-0.05, 0) is 39.1 Å². The Labute approximate surface area is 211 Å². The Morgan fingerprint density at radius 1 is 1.19 bits per heavy atom. The van der Waals surface area contributed by atoms with Crippen molar-refractivity contribution >= 4 is 39.5 Å². The topological polar surface area (TPSA) is 92.8 Å². The first kappa shape index (κ1) is 24.1. The summed E-state index contributed by atoms with van der Waals surface area (Å²) in [7, 11) is 3.49. The van der Waals surface area contributed by atoms with E-state index in [1.807, 2.05) is 14.0 Å². The van der Waals surface area contributed by atoms with Gasteiger partial charge in [0.05, 0.1) is 33.9 Å². The van der Waals surface area contributed by atoms with Crippen LogP contribution in [0.3, 0.4) is 0 Å². The third-order valence-corrected chi connectivity index (χ3v) is 6.80. The average molecular weight is 514 g/mol. The van der Waals surface area contributed by atoms with Crippen molar-refractivity contribution in [2.75, 3.05) is 33.8 Å². The van der Waals surface area contributed by atoms with Crippen LogP contribution in [-0.2, 0) is 0 Å². The van der Waals surface area contributed by atoms with Gasteiger partial charge in [-0.1, -0.05) is 11.6 Å². The molecule has 0 unspecified atom stereocenters. The van der Waals surface area contributed by atoms with Crippen LogP contribution in [0.2, 0.25) is 5.02 Å². The zero-order chi connectivity index (χ0) is 25.6. The molecule has 3 heterocycles. The van der Waals surface area contributed by atoms with Crippen LogP contribution < -0.4 is 14.2 Å². The van der Waals surface area contributed by atoms with Crippen molar-refractivity contribution in [2.45, 2.75) is 19.9 Å². The average Bonchev–Trinajstić information content (AvgIpc) is 3.14. The molecule has 188 valence electrons. The van der Waals surface area contributed by atoms with Gasteiger partial charge < -0.3 is 29.0 Å². The Morgan fingerprint density at radius 2 is 2.00 bits per heavy atom. The number of nitrogens with one attached hydrogen (secondary N) is 1. The number of H-pyrrole nitrogens is 1. The summed E-state index contributed by atoms with van der Waals surface area (Å²) < 4.78 is 32.4. The van der Waals surface area contributed by atoms with E-state index in [0.717, 1.165) is 13.1 Å². The van der Waals surface area contributed by atoms with Crippen LogP contribution in [-0.4, -0.2) is 70.7 Å². The molecule has 1 aliphatic rings. The molecule has 5 rings (SSSR count). The van der Waals surface area contributed by atoms with Crippen LogP contribution in [0.25, 0.3) is 21.8 Å². The lowest BCUT2D eigenvalue weighted by Crippen LogP contribution is -2.53. The van der Waals surface area contributed by atoms with E-state index in [0.29, 0.717) is 34.4 Å². The standard InChI is InChI=1S/C25H25ClFN5O4/c1-13-11-31(3)7-8-32(13)25(33)36-20-9-15-17(10-19(20)34-4)28-12-29-24(15)35-18-6-5-16-21(23(18)27)22(26)14(2)30-16/h5-6,9-10,12-13,30H,7-8,11H2,1-4H3/t13-/m1/s1. The summed E-state index contributed by atoms with van der Waals surface area (Å²) in [4.78, 5) is 28.3. The molecule has 1 amide bonds. The summed E-state index contributed by atoms with van der Waals surface area (Å²) in [5, 5.41) is 0.948. The van der Waals surface area contributed by atoms with E-state index in [2.05, 4.69) is 19.9 Å². The SMILES string of the molecule is COc1cc2ncnc(Oc3ccc4[nH]c(C)c(Cl)c4c3F)c2cc1OC(=O)N1CCN(C)C[C@H]1C. The Hall–Kier alpha value is -3.63. The molecule has 1 N–H and O–H groups in total. The molecule has 1 aliphatic heterocycles. The molecule has 1 atom stereocenters. The first-order chi connectivity index (χ1) is 17.3. The van der Waals surface area contributed by atoms with Crippen LogP contribution in [0.4, 0.5) is 9.18 Å². The summed E-state index contributed by atoms with van der Waals surface area (Å²) in [6.45, 7) is 5.78. The first-order valence-electron chi connectivity index (χ1n) is 11.4. The number of hydrogen-bond acceptors (Lipinski definition) is 7. The number of hydrogen-bond donors (Lipinski definition) is 1. The van der Waals surface area contributed by atoms with E-state index in [-0.39, 0.29) is 33.8 Å². The number of nitrogens with zero attached hydrogens (tertiary/aromatic N) is 4. The Balaban J connectivity index is 1.50. The van der Waals surface area contributed by atoms with Gasteiger partial charge in [-0.3, -0.25) is 0 Å². The second-order valence-corrected chi connectivity index (χ2v) is 9.22. The summed E-state index contributed by atoms with van der Waals surface area (Å²) >= 11 is 6.28. The fourth-order valence-corrected chi connectivity index (χ4v) is 4.66. The normalized spacial score (nSPS) is 16.5. The largest absolute Gasteiger partial charge is 0.493 e. The van der Waals surface area contributed by atoms with E-state index >= 15 is 4.39 Å². The van der Waals surface area contributed by atoms with Gasteiger partial charge in [-0.15, -0.1) is 0 Å². The Morgan fingerprint density at radius 3 is 2.75 bits per heavy atom. The van der Waals surface area contributed by atoms with Gasteiger partial charge in [0.2, 0.25) is 5.88 Å². The highest BCUT2D eigenvalue weighted by molar-refractivity contribution is 6.36. The van der Waals surface area contributed by atoms with Crippen molar-refractivity contribution in [1.29, 1.82) is 0 Å². The molecule has 9 nitrogen and oxygen atoms in total. The van der Waals surface area contributed by atoms with Gasteiger partial charge in [-0.25, -0.2) is 19.2 Å². The van der Waals surface area contributed by atoms with E-state index < -0.39 is 11.9 Å². The third-order valence-electron chi connectivity index (χ3n) is 6.33. The lowest BCUT2D eigenvalue weighted by atomic mass is 10.2. The minimum Gasteiger partial charge on any atom is -0.493 e. The number of ether oxygens (including phenoxy) is 3. The molecule has 0 bridgehead atoms. The number of rotatable bonds is 4. The molecule has 0 saturated carbocycles. The quantitative estimate of drug-likeness (QED) is 0.403. The number of carbonyl (C=O) groups excluding carboxylic acids is 1. The first-order valence-corrected chi connectivity index (χ1v) is 11.8. The third kappa shape index (κ3) is 4.27. The molecule has 2 aromatic carbocycles. The number of methoxy groups -OCH3 is 1. The number of aryl methyl sites for hydroxylation is 1. The zero-order valence-corrected chi connectivity index (χ0v) is 21.0. The number of fused-ring (bicyclic) bond motifs is 2. The van der Waals surface area contributed by atoms with Crippen molar-refractivity contribution in [3.63, 3.8) is 0 Å². The van der Waals surface area contributed by atoms with E-state index in [1.54, 1.807) is 30.0 Å². The van der Waals surface area contributed by atoms with E-state index in [9.17, 15) is 4.79 Å². The zero-order valence-electron chi connectivity index (χ0n) is 20.3. The summed E-state index contributed by atoms with van der Waals surface area (Å²) in [5.74, 6) is -0.0677. The highest BCUT2D eigenvalue weighted by Crippen LogP contribution is 2.39. The number of aromatic amines is 1. The van der Waals surface area contributed by atoms with E-state index in [1.165, 1.54) is 19.5 Å². The van der Waals surface area contributed by atoms with Gasteiger partial charge in [0.15, 0.2) is 23.1 Å². The molecule has 0 spiro atoms. The number of benzene rings is 2. The maximum Gasteiger partial charge on any atom is 0.415 e. The molecule has 11 heteroatoms. The Kier molecular flexibility index (Phi) is 6.31. The van der Waals surface area contributed by atoms with Gasteiger partial charge in [0.25, 0.3) is 0 Å². The van der Waals surface area contributed by atoms with Crippen molar-refractivity contribution in [3.05, 3.63) is 47.1 Å². The molecule has 1 saturated heterocycles. The minimum atomic E-state index is -0.613. The molecule has 36 heavy (non-hydrogen) atoms. The van der Waals surface area contributed by atoms with Crippen LogP contribution in [0.5, 0.6) is 23.1 Å². The molecule has 1 fully saturated rings. The molecule has 0 aliphatic carbocycles. The molecular formula is C25H25ClFN5O4. The fourth-order valence-electron chi connectivity index (χ4n) is 4.43. The maximum atomic E-state index is 15.3. The highest BCUT2D eigenvalue weighted by atomic mass is 35.5. The lowest BCUT2D eigenvalue weighted by molar-refractivity contribution is 0.0886. The van der Waals surface area contributed by atoms with Crippen LogP contribution >= 0.6 is 11.6 Å². The molecule has 0 radical (unpaired) electrons. The summed E-state index contributed by atoms with van der Waals surface area (Å²) in [5.41, 5.74) is 1.69. The van der Waals surface area contributed by atoms with Crippen LogP contribution in [0.15, 0.2) is 30.6 Å². The monoisotopic (exact) mass is 513 g/mol. The number of carbonyl (C=O) groups is 1. The number of piperazine rings is 1. The second-order valence-electron chi connectivity index (χ2n) is 8.84. The van der Waals surface area contributed by atoms with Crippen molar-refractivity contribution < 1.29 is 23.4 Å². The van der Waals surface area contributed by atoms with Gasteiger partial charge in [-0.2, -0.15) is 0 Å². The molecule has 4 aromatic rings. The lowest BCUT2D eigenvalue weighted by Gasteiger charge is -2.37. The Bertz CT molecular complexity index is 1480. The predicted molar refractivity (Wildman–Crippen MR) is 134 cm³/mol. The number of likely N-dealkylation sites (N-methyl/N-ethyl adjacent to an activating group) is 1. The van der Waals surface area contributed by atoms with Crippen molar-refractivity contribution in [3.8, 4) is 23.1 Å². The second kappa shape index (κ2) is 9.44. The maximum absolute atomic E-state index is 15.3. The minimum absolute atomic E-state index is 0.00767. The van der Waals surface area contributed by atoms with Gasteiger partial charge >= 0.3 is 6.09 Å². The van der Waals surface area contributed by atoms with Gasteiger partial charge in [0.1, 0.15) is 6.33 Å². The van der Waals surface area contributed by atoms with Crippen molar-refractivity contribution in [2.24, 2.45) is 0 Å². The fraction of sp³-hybridized carbons (Fsp3) is 0.320. The summed E-state index contributed by atoms with van der Waals surface area (Å²) in [6, 6.07) is 6.35. The van der Waals surface area contributed by atoms with Crippen LogP contribution in [0, 0.1) is 12.7 Å². The highest BCUT2D eigenvalue weighted by Gasteiger charge is 2.28. The van der Waals surface area contributed by atoms with Crippen LogP contribution in [0.1, 0.15) is 12.6 Å². The number of amides is 1. The summed E-state index contributed by atoms with van der Waals surface area (Å²) in [6.07, 6.45) is 0.819. The van der Waals surface area contributed by atoms with E-state index in [4.69, 9.17) is 25.8 Å². The molecular weight excluding hydrogens is 489 g/mol. The van der Waals surface area contributed by atoms with Crippen molar-refractivity contribution in [1.82, 2.24) is 24.8 Å². The number of halogens is 2. The molecule has 2 aromatic heterocycles. The van der Waals surface area contributed by atoms with Gasteiger partial charge in [0, 0.05) is 37.4 Å². The number of aromatic nitrogens is 3. The predicted octanol–water partition coefficient (Wildman–Crippen LogP) is 5.15.